The van der Waals surface area contributed by atoms with Crippen LogP contribution >= 0.6 is 11.6 Å². The Hall–Kier alpha value is -1.94. The molecule has 1 saturated heterocycles. The summed E-state index contributed by atoms with van der Waals surface area (Å²) >= 11 is 6.06. The molecule has 1 fully saturated rings. The van der Waals surface area contributed by atoms with E-state index in [2.05, 4.69) is 22.1 Å². The van der Waals surface area contributed by atoms with Crippen molar-refractivity contribution in [3.05, 3.63) is 58.1 Å². The second-order valence-electron chi connectivity index (χ2n) is 6.43. The number of rotatable bonds is 3. The van der Waals surface area contributed by atoms with E-state index >= 15 is 0 Å². The zero-order chi connectivity index (χ0) is 15.8. The van der Waals surface area contributed by atoms with Crippen molar-refractivity contribution in [1.29, 1.82) is 0 Å². The van der Waals surface area contributed by atoms with Gasteiger partial charge in [-0.05, 0) is 48.4 Å². The van der Waals surface area contributed by atoms with Crippen LogP contribution in [0, 0.1) is 5.92 Å². The monoisotopic (exact) mass is 327 g/mol. The highest BCUT2D eigenvalue weighted by Crippen LogP contribution is 2.30. The number of halogens is 1. The number of carbonyl (C=O) groups excluding carboxylic acids is 1. The fraction of sp³-hybridized carbons (Fsp3) is 0.389. The average molecular weight is 328 g/mol. The van der Waals surface area contributed by atoms with Crippen molar-refractivity contribution in [2.45, 2.75) is 25.7 Å². The molecule has 1 aliphatic heterocycles. The lowest BCUT2D eigenvalue weighted by Crippen LogP contribution is -2.42. The fourth-order valence-corrected chi connectivity index (χ4v) is 3.55. The van der Waals surface area contributed by atoms with Crippen LogP contribution in [0.15, 0.2) is 30.6 Å². The summed E-state index contributed by atoms with van der Waals surface area (Å²) in [6.07, 6.45) is 7.34. The van der Waals surface area contributed by atoms with Gasteiger partial charge < -0.3 is 4.90 Å². The average Bonchev–Trinajstić information content (AvgIpc) is 2.87. The van der Waals surface area contributed by atoms with Gasteiger partial charge in [0.15, 0.2) is 0 Å². The summed E-state index contributed by atoms with van der Waals surface area (Å²) in [5.41, 5.74) is 3.31. The number of likely N-dealkylation sites (tertiary alicyclic amines) is 1. The van der Waals surface area contributed by atoms with Gasteiger partial charge >= 0.3 is 0 Å². The summed E-state index contributed by atoms with van der Waals surface area (Å²) in [5.74, 6) is 1.38. The third-order valence-corrected chi connectivity index (χ3v) is 4.99. The lowest BCUT2D eigenvalue weighted by molar-refractivity contribution is 0.0651. The van der Waals surface area contributed by atoms with Gasteiger partial charge in [-0.25, -0.2) is 9.97 Å². The molecule has 1 aromatic heterocycles. The van der Waals surface area contributed by atoms with E-state index in [0.29, 0.717) is 11.5 Å². The lowest BCUT2D eigenvalue weighted by atomic mass is 10.0. The number of aromatic nitrogens is 2. The molecule has 1 amide bonds. The van der Waals surface area contributed by atoms with Crippen LogP contribution in [-0.4, -0.2) is 33.9 Å². The second-order valence-corrected chi connectivity index (χ2v) is 6.86. The predicted molar refractivity (Wildman–Crippen MR) is 88.6 cm³/mol. The Kier molecular flexibility index (Phi) is 3.77. The number of benzene rings is 1. The molecule has 1 unspecified atom stereocenters. The molecule has 23 heavy (non-hydrogen) atoms. The van der Waals surface area contributed by atoms with Gasteiger partial charge in [-0.2, -0.15) is 0 Å². The maximum Gasteiger partial charge on any atom is 0.256 e. The highest BCUT2D eigenvalue weighted by molar-refractivity contribution is 6.30. The Bertz CT molecular complexity index is 740. The molecular weight excluding hydrogens is 310 g/mol. The molecule has 1 aliphatic carbocycles. The van der Waals surface area contributed by atoms with Gasteiger partial charge in [-0.1, -0.05) is 17.7 Å². The first-order valence-corrected chi connectivity index (χ1v) is 8.44. The molecule has 4 nitrogen and oxygen atoms in total. The third-order valence-electron chi connectivity index (χ3n) is 4.75. The minimum absolute atomic E-state index is 0.0470. The van der Waals surface area contributed by atoms with Gasteiger partial charge in [0.2, 0.25) is 0 Å². The molecule has 1 atom stereocenters. The van der Waals surface area contributed by atoms with Crippen molar-refractivity contribution < 1.29 is 4.79 Å². The number of amides is 1. The summed E-state index contributed by atoms with van der Waals surface area (Å²) in [7, 11) is 0. The van der Waals surface area contributed by atoms with Gasteiger partial charge in [0, 0.05) is 36.9 Å². The molecular formula is C18H18ClN3O. The Morgan fingerprint density at radius 2 is 1.91 bits per heavy atom. The molecule has 0 N–H and O–H groups in total. The van der Waals surface area contributed by atoms with Crippen LogP contribution in [0.1, 0.15) is 33.7 Å². The van der Waals surface area contributed by atoms with E-state index < -0.39 is 0 Å². The van der Waals surface area contributed by atoms with E-state index in [-0.39, 0.29) is 5.91 Å². The second kappa shape index (κ2) is 5.93. The minimum atomic E-state index is 0.0470. The van der Waals surface area contributed by atoms with Gasteiger partial charge in [0.05, 0.1) is 5.56 Å². The maximum absolute atomic E-state index is 12.1. The molecule has 4 rings (SSSR count). The Morgan fingerprint density at radius 3 is 2.61 bits per heavy atom. The predicted octanol–water partition coefficient (Wildman–Crippen LogP) is 2.93. The van der Waals surface area contributed by atoms with Crippen molar-refractivity contribution in [2.24, 2.45) is 5.92 Å². The van der Waals surface area contributed by atoms with Gasteiger partial charge in [-0.3, -0.25) is 4.79 Å². The van der Waals surface area contributed by atoms with E-state index in [1.807, 2.05) is 11.0 Å². The maximum atomic E-state index is 12.1. The zero-order valence-electron chi connectivity index (χ0n) is 12.8. The van der Waals surface area contributed by atoms with Crippen LogP contribution in [0.5, 0.6) is 0 Å². The molecule has 2 aliphatic rings. The van der Waals surface area contributed by atoms with Crippen molar-refractivity contribution in [1.82, 2.24) is 14.9 Å². The highest BCUT2D eigenvalue weighted by Gasteiger charge is 2.24. The summed E-state index contributed by atoms with van der Waals surface area (Å²) in [5, 5.41) is 0.800. The normalized spacial score (nSPS) is 19.3. The van der Waals surface area contributed by atoms with Crippen LogP contribution in [0.25, 0.3) is 0 Å². The largest absolute Gasteiger partial charge is 0.338 e. The van der Waals surface area contributed by atoms with Crippen LogP contribution in [0.2, 0.25) is 5.02 Å². The van der Waals surface area contributed by atoms with Crippen molar-refractivity contribution in [3.63, 3.8) is 0 Å². The summed E-state index contributed by atoms with van der Waals surface area (Å²) < 4.78 is 0. The molecule has 0 spiro atoms. The van der Waals surface area contributed by atoms with Gasteiger partial charge in [0.25, 0.3) is 5.91 Å². The summed E-state index contributed by atoms with van der Waals surface area (Å²) in [4.78, 5) is 22.7. The molecule has 2 heterocycles. The molecule has 1 aromatic carbocycles. The van der Waals surface area contributed by atoms with Crippen LogP contribution in [-0.2, 0) is 19.3 Å². The number of carbonyl (C=O) groups is 1. The van der Waals surface area contributed by atoms with Crippen LogP contribution in [0.3, 0.4) is 0 Å². The molecule has 118 valence electrons. The first-order chi connectivity index (χ1) is 11.2. The first kappa shape index (κ1) is 14.6. The van der Waals surface area contributed by atoms with Crippen molar-refractivity contribution in [2.75, 3.05) is 13.1 Å². The van der Waals surface area contributed by atoms with E-state index in [4.69, 9.17) is 11.6 Å². The van der Waals surface area contributed by atoms with E-state index in [9.17, 15) is 4.79 Å². The molecule has 0 saturated carbocycles. The third kappa shape index (κ3) is 2.95. The number of hydrogen-bond acceptors (Lipinski definition) is 3. The number of nitrogens with zero attached hydrogens (tertiary/aromatic N) is 3. The van der Waals surface area contributed by atoms with Crippen molar-refractivity contribution >= 4 is 17.5 Å². The van der Waals surface area contributed by atoms with E-state index in [1.54, 1.807) is 12.4 Å². The summed E-state index contributed by atoms with van der Waals surface area (Å²) in [6, 6.07) is 6.13. The van der Waals surface area contributed by atoms with E-state index in [1.165, 1.54) is 11.1 Å². The SMILES string of the molecule is O=C(c1cnc(CC2Cc3ccc(Cl)cc3C2)nc1)N1CCC1. The minimum Gasteiger partial charge on any atom is -0.338 e. The smallest absolute Gasteiger partial charge is 0.256 e. The van der Waals surface area contributed by atoms with Crippen molar-refractivity contribution in [3.8, 4) is 0 Å². The Labute approximate surface area is 140 Å². The summed E-state index contributed by atoms with van der Waals surface area (Å²) in [6.45, 7) is 1.70. The number of fused-ring (bicyclic) bond motifs is 1. The van der Waals surface area contributed by atoms with Gasteiger partial charge in [0.1, 0.15) is 5.82 Å². The van der Waals surface area contributed by atoms with E-state index in [0.717, 1.165) is 49.6 Å². The highest BCUT2D eigenvalue weighted by atomic mass is 35.5. The zero-order valence-corrected chi connectivity index (χ0v) is 13.6. The number of hydrogen-bond donors (Lipinski definition) is 0. The van der Waals surface area contributed by atoms with Crippen LogP contribution < -0.4 is 0 Å². The van der Waals surface area contributed by atoms with Gasteiger partial charge in [-0.15, -0.1) is 0 Å². The molecule has 0 radical (unpaired) electrons. The molecule has 5 heteroatoms. The Morgan fingerprint density at radius 1 is 1.17 bits per heavy atom. The quantitative estimate of drug-likeness (QED) is 0.870. The lowest BCUT2D eigenvalue weighted by Gasteiger charge is -2.30. The topological polar surface area (TPSA) is 46.1 Å². The van der Waals surface area contributed by atoms with Crippen LogP contribution in [0.4, 0.5) is 0 Å². The fourth-order valence-electron chi connectivity index (χ4n) is 3.35. The molecule has 2 aromatic rings. The Balaban J connectivity index is 1.41. The standard InChI is InChI=1S/C18H18ClN3O/c19-16-3-2-13-6-12(7-14(13)9-16)8-17-20-10-15(11-21-17)18(23)22-4-1-5-22/h2-3,9-12H,1,4-8H2. The molecule has 0 bridgehead atoms. The first-order valence-electron chi connectivity index (χ1n) is 8.06.